The first-order valence-corrected chi connectivity index (χ1v) is 6.40. The van der Waals surface area contributed by atoms with Gasteiger partial charge in [0.2, 0.25) is 0 Å². The number of ether oxygens (including phenoxy) is 1. The van der Waals surface area contributed by atoms with Crippen LogP contribution in [0.2, 0.25) is 0 Å². The van der Waals surface area contributed by atoms with E-state index < -0.39 is 0 Å². The van der Waals surface area contributed by atoms with E-state index in [1.54, 1.807) is 7.11 Å². The van der Waals surface area contributed by atoms with Gasteiger partial charge in [-0.25, -0.2) is 0 Å². The zero-order valence-corrected chi connectivity index (χ0v) is 11.7. The largest absolute Gasteiger partial charge is 0.377 e. The molecule has 0 aliphatic rings. The smallest absolute Gasteiger partial charge is 0.0814 e. The second-order valence-corrected chi connectivity index (χ2v) is 4.79. The van der Waals surface area contributed by atoms with Crippen molar-refractivity contribution in [2.75, 3.05) is 7.11 Å². The molecule has 1 heteroatoms. The lowest BCUT2D eigenvalue weighted by molar-refractivity contribution is 0.105. The van der Waals surface area contributed by atoms with Crippen molar-refractivity contribution in [1.29, 1.82) is 0 Å². The zero-order chi connectivity index (χ0) is 12.6. The molecule has 0 radical (unpaired) electrons. The van der Waals surface area contributed by atoms with Crippen molar-refractivity contribution in [1.82, 2.24) is 0 Å². The average molecular weight is 224 g/mol. The van der Waals surface area contributed by atoms with E-state index in [1.165, 1.54) is 0 Å². The van der Waals surface area contributed by atoms with Crippen molar-refractivity contribution in [3.05, 3.63) is 24.3 Å². The van der Waals surface area contributed by atoms with Gasteiger partial charge < -0.3 is 4.74 Å². The molecule has 0 bridgehead atoms. The van der Waals surface area contributed by atoms with Crippen LogP contribution in [0.25, 0.3) is 0 Å². The molecule has 0 aromatic rings. The molecule has 0 aliphatic heterocycles. The van der Waals surface area contributed by atoms with E-state index in [-0.39, 0.29) is 6.10 Å². The Kier molecular flexibility index (Phi) is 8.28. The SMILES string of the molecule is C/C=C\C(CC)C(/C=C\C(C)C(C)C)OC. The van der Waals surface area contributed by atoms with Crippen LogP contribution in [-0.2, 0) is 4.74 Å². The number of hydrogen-bond acceptors (Lipinski definition) is 1. The second kappa shape index (κ2) is 8.58. The summed E-state index contributed by atoms with van der Waals surface area (Å²) in [6, 6.07) is 0. The maximum atomic E-state index is 5.55. The lowest BCUT2D eigenvalue weighted by Crippen LogP contribution is -2.18. The first-order valence-electron chi connectivity index (χ1n) is 6.40. The first kappa shape index (κ1) is 15.4. The number of allylic oxidation sites excluding steroid dienone is 2. The third kappa shape index (κ3) is 5.50. The Bertz CT molecular complexity index is 215. The summed E-state index contributed by atoms with van der Waals surface area (Å²) in [7, 11) is 1.79. The molecule has 0 aromatic carbocycles. The highest BCUT2D eigenvalue weighted by Crippen LogP contribution is 2.18. The van der Waals surface area contributed by atoms with Crippen molar-refractivity contribution in [3.63, 3.8) is 0 Å². The summed E-state index contributed by atoms with van der Waals surface area (Å²) in [5, 5.41) is 0. The molecule has 3 atom stereocenters. The molecule has 0 aliphatic carbocycles. The number of methoxy groups -OCH3 is 1. The second-order valence-electron chi connectivity index (χ2n) is 4.79. The summed E-state index contributed by atoms with van der Waals surface area (Å²) in [4.78, 5) is 0. The Morgan fingerprint density at radius 1 is 1.06 bits per heavy atom. The monoisotopic (exact) mass is 224 g/mol. The van der Waals surface area contributed by atoms with Gasteiger partial charge in [-0.2, -0.15) is 0 Å². The molecular formula is C15H28O. The van der Waals surface area contributed by atoms with Crippen LogP contribution in [0.15, 0.2) is 24.3 Å². The fourth-order valence-corrected chi connectivity index (χ4v) is 1.63. The van der Waals surface area contributed by atoms with Crippen molar-refractivity contribution in [2.24, 2.45) is 17.8 Å². The molecule has 16 heavy (non-hydrogen) atoms. The van der Waals surface area contributed by atoms with Crippen molar-refractivity contribution < 1.29 is 4.74 Å². The zero-order valence-electron chi connectivity index (χ0n) is 11.7. The van der Waals surface area contributed by atoms with Gasteiger partial charge >= 0.3 is 0 Å². The molecule has 0 N–H and O–H groups in total. The molecule has 0 aromatic heterocycles. The van der Waals surface area contributed by atoms with Gasteiger partial charge in [0.25, 0.3) is 0 Å². The highest BCUT2D eigenvalue weighted by Gasteiger charge is 2.14. The predicted molar refractivity (Wildman–Crippen MR) is 72.5 cm³/mol. The summed E-state index contributed by atoms with van der Waals surface area (Å²) >= 11 is 0. The van der Waals surface area contributed by atoms with Gasteiger partial charge in [-0.1, -0.05) is 52.0 Å². The van der Waals surface area contributed by atoms with E-state index in [4.69, 9.17) is 4.74 Å². The molecule has 0 fully saturated rings. The van der Waals surface area contributed by atoms with Crippen molar-refractivity contribution in [3.8, 4) is 0 Å². The van der Waals surface area contributed by atoms with Gasteiger partial charge in [-0.15, -0.1) is 0 Å². The quantitative estimate of drug-likeness (QED) is 0.580. The lowest BCUT2D eigenvalue weighted by Gasteiger charge is -2.20. The number of hydrogen-bond donors (Lipinski definition) is 0. The molecule has 0 heterocycles. The summed E-state index contributed by atoms with van der Waals surface area (Å²) < 4.78 is 5.55. The van der Waals surface area contributed by atoms with Crippen LogP contribution < -0.4 is 0 Å². The van der Waals surface area contributed by atoms with Crippen LogP contribution in [0.3, 0.4) is 0 Å². The molecule has 3 unspecified atom stereocenters. The Morgan fingerprint density at radius 3 is 2.06 bits per heavy atom. The van der Waals surface area contributed by atoms with Crippen molar-refractivity contribution >= 4 is 0 Å². The molecule has 0 saturated carbocycles. The third-order valence-corrected chi connectivity index (χ3v) is 3.26. The Labute approximate surface area is 102 Å². The highest BCUT2D eigenvalue weighted by atomic mass is 16.5. The predicted octanol–water partition coefficient (Wildman–Crippen LogP) is 4.45. The maximum Gasteiger partial charge on any atom is 0.0814 e. The Balaban J connectivity index is 4.48. The fraction of sp³-hybridized carbons (Fsp3) is 0.733. The summed E-state index contributed by atoms with van der Waals surface area (Å²) in [6.45, 7) is 11.0. The topological polar surface area (TPSA) is 9.23 Å². The minimum absolute atomic E-state index is 0.211. The van der Waals surface area contributed by atoms with E-state index in [0.717, 1.165) is 6.42 Å². The summed E-state index contributed by atoms with van der Waals surface area (Å²) in [5.41, 5.74) is 0. The summed E-state index contributed by atoms with van der Waals surface area (Å²) in [6.07, 6.45) is 10.2. The van der Waals surface area contributed by atoms with Crippen molar-refractivity contribution in [2.45, 2.75) is 47.1 Å². The highest BCUT2D eigenvalue weighted by molar-refractivity contribution is 5.01. The minimum Gasteiger partial charge on any atom is -0.377 e. The Hall–Kier alpha value is -0.560. The maximum absolute atomic E-state index is 5.55. The van der Waals surface area contributed by atoms with Gasteiger partial charge in [0.05, 0.1) is 6.10 Å². The first-order chi connectivity index (χ1) is 7.56. The van der Waals surface area contributed by atoms with E-state index >= 15 is 0 Å². The molecule has 0 spiro atoms. The van der Waals surface area contributed by atoms with Gasteiger partial charge in [-0.3, -0.25) is 0 Å². The fourth-order valence-electron chi connectivity index (χ4n) is 1.63. The lowest BCUT2D eigenvalue weighted by atomic mass is 9.93. The molecule has 94 valence electrons. The molecule has 0 rings (SSSR count). The molecule has 0 saturated heterocycles. The van der Waals surface area contributed by atoms with Gasteiger partial charge in [0.15, 0.2) is 0 Å². The third-order valence-electron chi connectivity index (χ3n) is 3.26. The average Bonchev–Trinajstić information content (AvgIpc) is 2.27. The molecule has 0 amide bonds. The van der Waals surface area contributed by atoms with Crippen LogP contribution in [0, 0.1) is 17.8 Å². The normalized spacial score (nSPS) is 18.4. The van der Waals surface area contributed by atoms with Crippen LogP contribution in [0.1, 0.15) is 41.0 Å². The van der Waals surface area contributed by atoms with E-state index in [0.29, 0.717) is 17.8 Å². The standard InChI is InChI=1S/C15H28O/c1-7-9-14(8-2)15(16-6)11-10-13(5)12(3)4/h7,9-15H,8H2,1-6H3/b9-7-,11-10-. The molecule has 1 nitrogen and oxygen atoms in total. The van der Waals surface area contributed by atoms with E-state index in [1.807, 2.05) is 0 Å². The van der Waals surface area contributed by atoms with E-state index in [2.05, 4.69) is 58.9 Å². The molecular weight excluding hydrogens is 196 g/mol. The minimum atomic E-state index is 0.211. The van der Waals surface area contributed by atoms with Crippen LogP contribution in [-0.4, -0.2) is 13.2 Å². The van der Waals surface area contributed by atoms with Gasteiger partial charge in [-0.05, 0) is 25.2 Å². The Morgan fingerprint density at radius 2 is 1.69 bits per heavy atom. The van der Waals surface area contributed by atoms with E-state index in [9.17, 15) is 0 Å². The summed E-state index contributed by atoms with van der Waals surface area (Å²) in [5.74, 6) is 1.79. The van der Waals surface area contributed by atoms with Crippen LogP contribution >= 0.6 is 0 Å². The van der Waals surface area contributed by atoms with Gasteiger partial charge in [0.1, 0.15) is 0 Å². The van der Waals surface area contributed by atoms with Crippen LogP contribution in [0.5, 0.6) is 0 Å². The van der Waals surface area contributed by atoms with Gasteiger partial charge in [0, 0.05) is 13.0 Å². The number of rotatable bonds is 7. The van der Waals surface area contributed by atoms with Crippen LogP contribution in [0.4, 0.5) is 0 Å².